The molecule has 1 aromatic carbocycles. The van der Waals surface area contributed by atoms with Gasteiger partial charge in [0, 0.05) is 18.7 Å². The summed E-state index contributed by atoms with van der Waals surface area (Å²) in [6.45, 7) is 1.72. The van der Waals surface area contributed by atoms with Gasteiger partial charge in [0.15, 0.2) is 5.65 Å². The minimum Gasteiger partial charge on any atom is -0.423 e. The van der Waals surface area contributed by atoms with Gasteiger partial charge >= 0.3 is 5.97 Å². The zero-order valence-electron chi connectivity index (χ0n) is 12.6. The summed E-state index contributed by atoms with van der Waals surface area (Å²) in [5, 5.41) is 11.5. The van der Waals surface area contributed by atoms with Gasteiger partial charge in [0.1, 0.15) is 12.1 Å². The van der Waals surface area contributed by atoms with Gasteiger partial charge in [0.25, 0.3) is 0 Å². The normalized spacial score (nSPS) is 10.9. The number of hydrogen-bond donors (Lipinski definition) is 0. The predicted octanol–water partition coefficient (Wildman–Crippen LogP) is 2.31. The van der Waals surface area contributed by atoms with Crippen LogP contribution in [0.1, 0.15) is 16.2 Å². The molecule has 0 aliphatic rings. The number of ether oxygens (including phenoxy) is 1. The van der Waals surface area contributed by atoms with E-state index < -0.39 is 5.97 Å². The van der Waals surface area contributed by atoms with Gasteiger partial charge in [-0.3, -0.25) is 4.40 Å². The molecule has 0 spiro atoms. The van der Waals surface area contributed by atoms with Gasteiger partial charge in [-0.05, 0) is 36.4 Å². The molecular weight excluding hydrogens is 310 g/mol. The second-order valence-electron chi connectivity index (χ2n) is 5.07. The molecule has 0 bridgehead atoms. The summed E-state index contributed by atoms with van der Waals surface area (Å²) in [7, 11) is 0. The first-order chi connectivity index (χ1) is 11.7. The highest BCUT2D eigenvalue weighted by atomic mass is 16.5. The Kier molecular flexibility index (Phi) is 3.27. The lowest BCUT2D eigenvalue weighted by molar-refractivity contribution is 0.0734. The standard InChI is InChI=1S/C16H11N5O3/c1-10-18-15(20-24-10)11-2-5-13(6-3-11)23-16(22)12-4-7-14-19-17-9-21(14)8-12/h2-9H,1H3. The number of fused-ring (bicyclic) bond motifs is 1. The maximum Gasteiger partial charge on any atom is 0.345 e. The van der Waals surface area contributed by atoms with Crippen molar-refractivity contribution in [3.8, 4) is 17.1 Å². The van der Waals surface area contributed by atoms with Crippen LogP contribution in [0.4, 0.5) is 0 Å². The van der Waals surface area contributed by atoms with Crippen LogP contribution in [0.5, 0.6) is 5.75 Å². The molecule has 0 saturated carbocycles. The van der Waals surface area contributed by atoms with E-state index in [-0.39, 0.29) is 0 Å². The Bertz CT molecular complexity index is 1020. The Morgan fingerprint density at radius 3 is 2.75 bits per heavy atom. The first kappa shape index (κ1) is 14.1. The third-order valence-electron chi connectivity index (χ3n) is 3.38. The van der Waals surface area contributed by atoms with Crippen LogP contribution in [0.3, 0.4) is 0 Å². The average molecular weight is 321 g/mol. The molecular formula is C16H11N5O3. The van der Waals surface area contributed by atoms with E-state index in [0.29, 0.717) is 28.7 Å². The first-order valence-corrected chi connectivity index (χ1v) is 7.11. The molecule has 24 heavy (non-hydrogen) atoms. The fraction of sp³-hybridized carbons (Fsp3) is 0.0625. The van der Waals surface area contributed by atoms with Crippen molar-refractivity contribution in [2.24, 2.45) is 0 Å². The van der Waals surface area contributed by atoms with Crippen molar-refractivity contribution in [2.75, 3.05) is 0 Å². The van der Waals surface area contributed by atoms with Crippen LogP contribution in [0, 0.1) is 6.92 Å². The summed E-state index contributed by atoms with van der Waals surface area (Å²) >= 11 is 0. The highest BCUT2D eigenvalue weighted by Crippen LogP contribution is 2.20. The van der Waals surface area contributed by atoms with Gasteiger partial charge in [0.2, 0.25) is 11.7 Å². The van der Waals surface area contributed by atoms with Crippen LogP contribution in [0.25, 0.3) is 17.0 Å². The number of nitrogens with zero attached hydrogens (tertiary/aromatic N) is 5. The van der Waals surface area contributed by atoms with Crippen LogP contribution in [-0.4, -0.2) is 30.7 Å². The van der Waals surface area contributed by atoms with Crippen LogP contribution in [0.15, 0.2) is 53.4 Å². The number of esters is 1. The van der Waals surface area contributed by atoms with Crippen molar-refractivity contribution in [3.63, 3.8) is 0 Å². The van der Waals surface area contributed by atoms with E-state index in [0.717, 1.165) is 5.56 Å². The summed E-state index contributed by atoms with van der Waals surface area (Å²) in [6.07, 6.45) is 3.14. The van der Waals surface area contributed by atoms with Crippen molar-refractivity contribution >= 4 is 11.6 Å². The molecule has 0 unspecified atom stereocenters. The summed E-state index contributed by atoms with van der Waals surface area (Å²) in [4.78, 5) is 16.4. The Balaban J connectivity index is 1.53. The molecule has 0 aliphatic heterocycles. The molecule has 0 fully saturated rings. The van der Waals surface area contributed by atoms with E-state index in [2.05, 4.69) is 20.3 Å². The molecule has 0 N–H and O–H groups in total. The van der Waals surface area contributed by atoms with Gasteiger partial charge in [0.05, 0.1) is 5.56 Å². The maximum absolute atomic E-state index is 12.2. The second kappa shape index (κ2) is 5.58. The van der Waals surface area contributed by atoms with Gasteiger partial charge in [-0.15, -0.1) is 10.2 Å². The van der Waals surface area contributed by atoms with Crippen molar-refractivity contribution in [1.29, 1.82) is 0 Å². The van der Waals surface area contributed by atoms with Crippen LogP contribution in [0.2, 0.25) is 0 Å². The molecule has 0 radical (unpaired) electrons. The first-order valence-electron chi connectivity index (χ1n) is 7.11. The maximum atomic E-state index is 12.2. The number of rotatable bonds is 3. The number of aryl methyl sites for hydroxylation is 1. The summed E-state index contributed by atoms with van der Waals surface area (Å²) in [5.74, 6) is 0.940. The van der Waals surface area contributed by atoms with Gasteiger partial charge in [-0.2, -0.15) is 4.98 Å². The summed E-state index contributed by atoms with van der Waals surface area (Å²) in [6, 6.07) is 10.2. The zero-order chi connectivity index (χ0) is 16.5. The quantitative estimate of drug-likeness (QED) is 0.422. The molecule has 0 atom stereocenters. The highest BCUT2D eigenvalue weighted by Gasteiger charge is 2.11. The topological polar surface area (TPSA) is 95.4 Å². The predicted molar refractivity (Wildman–Crippen MR) is 82.4 cm³/mol. The molecule has 3 heterocycles. The Hall–Kier alpha value is -3.55. The number of benzene rings is 1. The Labute approximate surface area is 135 Å². The van der Waals surface area contributed by atoms with Crippen molar-refractivity contribution in [1.82, 2.24) is 24.7 Å². The third-order valence-corrected chi connectivity index (χ3v) is 3.38. The number of carbonyl (C=O) groups is 1. The van der Waals surface area contributed by atoms with E-state index in [1.165, 1.54) is 6.33 Å². The number of aromatic nitrogens is 5. The van der Waals surface area contributed by atoms with Crippen molar-refractivity contribution in [2.45, 2.75) is 6.92 Å². The molecule has 118 valence electrons. The third kappa shape index (κ3) is 2.60. The number of carbonyl (C=O) groups excluding carboxylic acids is 1. The fourth-order valence-corrected chi connectivity index (χ4v) is 2.20. The minimum absolute atomic E-state index is 0.403. The van der Waals surface area contributed by atoms with Gasteiger partial charge in [-0.1, -0.05) is 5.16 Å². The van der Waals surface area contributed by atoms with E-state index in [9.17, 15) is 4.79 Å². The Morgan fingerprint density at radius 1 is 1.17 bits per heavy atom. The van der Waals surface area contributed by atoms with Crippen LogP contribution >= 0.6 is 0 Å². The molecule has 0 aliphatic carbocycles. The molecule has 3 aromatic heterocycles. The lowest BCUT2D eigenvalue weighted by Crippen LogP contribution is -2.09. The lowest BCUT2D eigenvalue weighted by atomic mass is 10.2. The minimum atomic E-state index is -0.464. The van der Waals surface area contributed by atoms with E-state index >= 15 is 0 Å². The molecule has 8 heteroatoms. The van der Waals surface area contributed by atoms with E-state index in [1.54, 1.807) is 53.9 Å². The van der Waals surface area contributed by atoms with Crippen LogP contribution in [-0.2, 0) is 0 Å². The lowest BCUT2D eigenvalue weighted by Gasteiger charge is -2.05. The molecule has 0 saturated heterocycles. The van der Waals surface area contributed by atoms with Crippen LogP contribution < -0.4 is 4.74 Å². The second-order valence-corrected chi connectivity index (χ2v) is 5.07. The molecule has 8 nitrogen and oxygen atoms in total. The Morgan fingerprint density at radius 2 is 2.00 bits per heavy atom. The smallest absolute Gasteiger partial charge is 0.345 e. The molecule has 4 rings (SSSR count). The van der Waals surface area contributed by atoms with E-state index in [4.69, 9.17) is 9.26 Å². The van der Waals surface area contributed by atoms with Gasteiger partial charge in [-0.25, -0.2) is 4.79 Å². The molecule has 4 aromatic rings. The van der Waals surface area contributed by atoms with Gasteiger partial charge < -0.3 is 9.26 Å². The largest absolute Gasteiger partial charge is 0.423 e. The van der Waals surface area contributed by atoms with E-state index in [1.807, 2.05) is 0 Å². The summed E-state index contributed by atoms with van der Waals surface area (Å²) < 4.78 is 12.0. The SMILES string of the molecule is Cc1nc(-c2ccc(OC(=O)c3ccc4nncn4c3)cc2)no1. The van der Waals surface area contributed by atoms with Crippen molar-refractivity contribution < 1.29 is 14.1 Å². The highest BCUT2D eigenvalue weighted by molar-refractivity contribution is 5.91. The molecule has 0 amide bonds. The van der Waals surface area contributed by atoms with Crippen molar-refractivity contribution in [3.05, 3.63) is 60.4 Å². The monoisotopic (exact) mass is 321 g/mol. The summed E-state index contributed by atoms with van der Waals surface area (Å²) in [5.41, 5.74) is 1.84. The fourth-order valence-electron chi connectivity index (χ4n) is 2.20. The average Bonchev–Trinajstić information content (AvgIpc) is 3.23. The number of hydrogen-bond acceptors (Lipinski definition) is 7. The number of pyridine rings is 1. The zero-order valence-corrected chi connectivity index (χ0v) is 12.6.